The third kappa shape index (κ3) is 1.62. The van der Waals surface area contributed by atoms with Gasteiger partial charge in [-0.05, 0) is 35.8 Å². The Morgan fingerprint density at radius 3 is 2.56 bits per heavy atom. The van der Waals surface area contributed by atoms with Crippen LogP contribution >= 0.6 is 11.6 Å². The van der Waals surface area contributed by atoms with Crippen LogP contribution < -0.4 is 10.2 Å². The van der Waals surface area contributed by atoms with E-state index in [2.05, 4.69) is 29.3 Å². The first-order valence-electron chi connectivity index (χ1n) is 5.65. The fraction of sp³-hybridized carbons (Fsp3) is 0.385. The van der Waals surface area contributed by atoms with Crippen molar-refractivity contribution in [2.24, 2.45) is 0 Å². The second-order valence-corrected chi connectivity index (χ2v) is 5.03. The molecule has 0 atom stereocenters. The molecule has 0 radical (unpaired) electrons. The first-order chi connectivity index (χ1) is 7.74. The van der Waals surface area contributed by atoms with E-state index in [1.807, 2.05) is 6.07 Å². The summed E-state index contributed by atoms with van der Waals surface area (Å²) in [6, 6.07) is 6.13. The minimum Gasteiger partial charge on any atom is -0.363 e. The Labute approximate surface area is 101 Å². The third-order valence-electron chi connectivity index (χ3n) is 3.45. The van der Waals surface area contributed by atoms with Gasteiger partial charge in [-0.1, -0.05) is 17.7 Å². The fourth-order valence-corrected chi connectivity index (χ4v) is 2.73. The second-order valence-electron chi connectivity index (χ2n) is 4.60. The number of hydrogen-bond donors (Lipinski definition) is 1. The molecule has 0 saturated heterocycles. The molecule has 0 aliphatic carbocycles. The van der Waals surface area contributed by atoms with Gasteiger partial charge in [0.25, 0.3) is 0 Å². The fourth-order valence-electron chi connectivity index (χ4n) is 2.56. The van der Waals surface area contributed by atoms with Gasteiger partial charge in [-0.3, -0.25) is 0 Å². The van der Waals surface area contributed by atoms with E-state index in [9.17, 15) is 0 Å². The summed E-state index contributed by atoms with van der Waals surface area (Å²) >= 11 is 6.06. The highest BCUT2D eigenvalue weighted by Gasteiger charge is 2.25. The van der Waals surface area contributed by atoms with Crippen molar-refractivity contribution in [2.75, 3.05) is 31.1 Å². The van der Waals surface area contributed by atoms with Crippen LogP contribution in [0.1, 0.15) is 5.56 Å². The molecule has 0 aromatic heterocycles. The zero-order valence-corrected chi connectivity index (χ0v) is 10.1. The van der Waals surface area contributed by atoms with E-state index in [0.29, 0.717) is 0 Å². The number of rotatable bonds is 1. The minimum absolute atomic E-state index is 0.825. The Bertz CT molecular complexity index is 449. The molecule has 16 heavy (non-hydrogen) atoms. The van der Waals surface area contributed by atoms with Gasteiger partial charge in [-0.2, -0.15) is 0 Å². The number of anilines is 1. The van der Waals surface area contributed by atoms with Crippen LogP contribution in [-0.4, -0.2) is 26.2 Å². The summed E-state index contributed by atoms with van der Waals surface area (Å²) in [7, 11) is 0. The van der Waals surface area contributed by atoms with Gasteiger partial charge in [0.05, 0.1) is 0 Å². The lowest BCUT2D eigenvalue weighted by atomic mass is 10.2. The van der Waals surface area contributed by atoms with Gasteiger partial charge in [0.15, 0.2) is 0 Å². The maximum Gasteiger partial charge on any atom is 0.0426 e. The van der Waals surface area contributed by atoms with E-state index >= 15 is 0 Å². The minimum atomic E-state index is 0.825. The zero-order valence-electron chi connectivity index (χ0n) is 9.39. The molecule has 3 rings (SSSR count). The SMILES string of the molecule is Cc1ccc(Cl)cc1N1CC2=C(CNC2)C1. The van der Waals surface area contributed by atoms with E-state index in [1.165, 1.54) is 11.3 Å². The number of halogens is 1. The van der Waals surface area contributed by atoms with E-state index in [1.54, 1.807) is 11.1 Å². The summed E-state index contributed by atoms with van der Waals surface area (Å²) in [4.78, 5) is 2.42. The molecule has 1 aromatic rings. The van der Waals surface area contributed by atoms with Gasteiger partial charge in [0, 0.05) is 36.9 Å². The van der Waals surface area contributed by atoms with Gasteiger partial charge in [-0.25, -0.2) is 0 Å². The lowest BCUT2D eigenvalue weighted by Crippen LogP contribution is -2.26. The summed E-state index contributed by atoms with van der Waals surface area (Å²) in [5.41, 5.74) is 5.72. The van der Waals surface area contributed by atoms with Gasteiger partial charge in [-0.15, -0.1) is 0 Å². The Kier molecular flexibility index (Phi) is 2.41. The highest BCUT2D eigenvalue weighted by Crippen LogP contribution is 2.30. The van der Waals surface area contributed by atoms with Crippen molar-refractivity contribution >= 4 is 17.3 Å². The Balaban J connectivity index is 1.87. The van der Waals surface area contributed by atoms with E-state index < -0.39 is 0 Å². The molecule has 1 aromatic carbocycles. The molecule has 0 unspecified atom stereocenters. The van der Waals surface area contributed by atoms with Crippen LogP contribution in [0.4, 0.5) is 5.69 Å². The molecule has 2 aliphatic rings. The van der Waals surface area contributed by atoms with Gasteiger partial charge < -0.3 is 10.2 Å². The average molecular weight is 235 g/mol. The van der Waals surface area contributed by atoms with E-state index in [4.69, 9.17) is 11.6 Å². The number of nitrogens with zero attached hydrogens (tertiary/aromatic N) is 1. The molecule has 2 nitrogen and oxygen atoms in total. The molecule has 2 heterocycles. The Morgan fingerprint density at radius 1 is 1.19 bits per heavy atom. The lowest BCUT2D eigenvalue weighted by Gasteiger charge is -2.22. The summed E-state index contributed by atoms with van der Waals surface area (Å²) < 4.78 is 0. The first-order valence-corrected chi connectivity index (χ1v) is 6.03. The van der Waals surface area contributed by atoms with Gasteiger partial charge >= 0.3 is 0 Å². The smallest absolute Gasteiger partial charge is 0.0426 e. The first kappa shape index (κ1) is 10.2. The quantitative estimate of drug-likeness (QED) is 0.751. The van der Waals surface area contributed by atoms with Crippen LogP contribution in [0.25, 0.3) is 0 Å². The molecule has 1 N–H and O–H groups in total. The maximum absolute atomic E-state index is 6.06. The second kappa shape index (κ2) is 3.79. The monoisotopic (exact) mass is 234 g/mol. The molecule has 84 valence electrons. The predicted octanol–water partition coefficient (Wildman–Crippen LogP) is 2.37. The average Bonchev–Trinajstić information content (AvgIpc) is 2.81. The molecular formula is C13H15ClN2. The predicted molar refractivity (Wildman–Crippen MR) is 68.3 cm³/mol. The van der Waals surface area contributed by atoms with Crippen molar-refractivity contribution in [1.82, 2.24) is 5.32 Å². The van der Waals surface area contributed by atoms with Crippen LogP contribution in [-0.2, 0) is 0 Å². The van der Waals surface area contributed by atoms with Crippen LogP contribution in [0.3, 0.4) is 0 Å². The Morgan fingerprint density at radius 2 is 1.88 bits per heavy atom. The van der Waals surface area contributed by atoms with Crippen molar-refractivity contribution < 1.29 is 0 Å². The zero-order chi connectivity index (χ0) is 11.1. The van der Waals surface area contributed by atoms with Crippen LogP contribution in [0.15, 0.2) is 29.3 Å². The summed E-state index contributed by atoms with van der Waals surface area (Å²) in [5.74, 6) is 0. The molecule has 0 amide bonds. The van der Waals surface area contributed by atoms with Crippen LogP contribution in [0.5, 0.6) is 0 Å². The Hall–Kier alpha value is -0.990. The largest absolute Gasteiger partial charge is 0.363 e. The molecule has 3 heteroatoms. The van der Waals surface area contributed by atoms with Crippen LogP contribution in [0.2, 0.25) is 5.02 Å². The molecule has 0 spiro atoms. The van der Waals surface area contributed by atoms with Crippen molar-refractivity contribution in [3.8, 4) is 0 Å². The molecular weight excluding hydrogens is 220 g/mol. The number of benzene rings is 1. The van der Waals surface area contributed by atoms with E-state index in [0.717, 1.165) is 31.2 Å². The van der Waals surface area contributed by atoms with Crippen molar-refractivity contribution in [2.45, 2.75) is 6.92 Å². The topological polar surface area (TPSA) is 15.3 Å². The maximum atomic E-state index is 6.06. The summed E-state index contributed by atoms with van der Waals surface area (Å²) in [6.07, 6.45) is 0. The highest BCUT2D eigenvalue weighted by atomic mass is 35.5. The lowest BCUT2D eigenvalue weighted by molar-refractivity contribution is 0.803. The van der Waals surface area contributed by atoms with Gasteiger partial charge in [0.1, 0.15) is 0 Å². The summed E-state index contributed by atoms with van der Waals surface area (Å²) in [6.45, 7) is 6.39. The highest BCUT2D eigenvalue weighted by molar-refractivity contribution is 6.30. The van der Waals surface area contributed by atoms with Gasteiger partial charge in [0.2, 0.25) is 0 Å². The number of nitrogens with one attached hydrogen (secondary N) is 1. The third-order valence-corrected chi connectivity index (χ3v) is 3.69. The number of hydrogen-bond acceptors (Lipinski definition) is 2. The number of aryl methyl sites for hydroxylation is 1. The molecule has 0 saturated carbocycles. The standard InChI is InChI=1S/C13H15ClN2/c1-9-2-3-12(14)4-13(9)16-7-10-5-15-6-11(10)8-16/h2-4,15H,5-8H2,1H3. The molecule has 0 bridgehead atoms. The van der Waals surface area contributed by atoms with Crippen molar-refractivity contribution in [1.29, 1.82) is 0 Å². The van der Waals surface area contributed by atoms with E-state index in [-0.39, 0.29) is 0 Å². The van der Waals surface area contributed by atoms with Crippen molar-refractivity contribution in [3.05, 3.63) is 39.9 Å². The summed E-state index contributed by atoms with van der Waals surface area (Å²) in [5, 5.41) is 4.22. The van der Waals surface area contributed by atoms with Crippen molar-refractivity contribution in [3.63, 3.8) is 0 Å². The van der Waals surface area contributed by atoms with Crippen LogP contribution in [0, 0.1) is 6.92 Å². The normalized spacial score (nSPS) is 19.5. The molecule has 2 aliphatic heterocycles. The molecule has 0 fully saturated rings.